The van der Waals surface area contributed by atoms with E-state index in [1.54, 1.807) is 25.3 Å². The highest BCUT2D eigenvalue weighted by Gasteiger charge is 2.25. The molecule has 0 heterocycles. The van der Waals surface area contributed by atoms with Crippen molar-refractivity contribution in [3.63, 3.8) is 0 Å². The van der Waals surface area contributed by atoms with E-state index in [0.29, 0.717) is 23.7 Å². The Morgan fingerprint density at radius 3 is 2.32 bits per heavy atom. The van der Waals surface area contributed by atoms with E-state index in [2.05, 4.69) is 32.5 Å². The molecule has 0 N–H and O–H groups in total. The molecule has 0 aliphatic rings. The van der Waals surface area contributed by atoms with Crippen LogP contribution in [0.3, 0.4) is 0 Å². The van der Waals surface area contributed by atoms with Gasteiger partial charge in [-0.1, -0.05) is 13.8 Å². The number of nitriles is 1. The molecular weight excluding hydrogens is 258 g/mol. The van der Waals surface area contributed by atoms with Gasteiger partial charge in [-0.15, -0.1) is 0 Å². The maximum absolute atomic E-state index is 8.98. The number of rotatable bonds is 7. The van der Waals surface area contributed by atoms with Gasteiger partial charge >= 0.3 is 0 Å². The van der Waals surface area contributed by atoms with Crippen LogP contribution in [0.25, 0.3) is 0 Å². The fourth-order valence-corrected chi connectivity index (χ4v) is 2.34. The number of ether oxygens (including phenoxy) is 2. The number of methoxy groups -OCH3 is 1. The average Bonchev–Trinajstić information content (AvgIpc) is 2.48. The van der Waals surface area contributed by atoms with Crippen molar-refractivity contribution in [2.45, 2.75) is 26.7 Å². The second-order valence-electron chi connectivity index (χ2n) is 4.66. The van der Waals surface area contributed by atoms with Gasteiger partial charge in [0.05, 0.1) is 25.3 Å². The molecule has 0 bridgehead atoms. The Labute approximate surface area is 120 Å². The van der Waals surface area contributed by atoms with E-state index in [4.69, 9.17) is 14.7 Å². The lowest BCUT2D eigenvalue weighted by Gasteiger charge is -2.29. The molecule has 19 heavy (non-hydrogen) atoms. The minimum atomic E-state index is 0.0823. The van der Waals surface area contributed by atoms with Crippen molar-refractivity contribution >= 4 is 12.6 Å². The van der Waals surface area contributed by atoms with Crippen LogP contribution in [0, 0.1) is 16.7 Å². The van der Waals surface area contributed by atoms with Gasteiger partial charge < -0.3 is 9.47 Å². The van der Waals surface area contributed by atoms with Crippen LogP contribution < -0.4 is 9.47 Å². The average molecular weight is 279 g/mol. The highest BCUT2D eigenvalue weighted by Crippen LogP contribution is 2.30. The third kappa shape index (κ3) is 4.07. The summed E-state index contributed by atoms with van der Waals surface area (Å²) in [6.07, 6.45) is 2.03. The third-order valence-electron chi connectivity index (χ3n) is 3.63. The minimum absolute atomic E-state index is 0.0823. The first-order valence-corrected chi connectivity index (χ1v) is 7.09. The number of thiol groups is 1. The lowest BCUT2D eigenvalue weighted by Crippen LogP contribution is -2.29. The fourth-order valence-electron chi connectivity index (χ4n) is 1.80. The summed E-state index contributed by atoms with van der Waals surface area (Å²) in [5, 5.41) is 8.98. The minimum Gasteiger partial charge on any atom is -0.497 e. The highest BCUT2D eigenvalue weighted by molar-refractivity contribution is 7.80. The summed E-state index contributed by atoms with van der Waals surface area (Å²) in [6.45, 7) is 4.90. The molecule has 1 rings (SSSR count). The summed E-state index contributed by atoms with van der Waals surface area (Å²) in [4.78, 5) is 0. The first-order valence-electron chi connectivity index (χ1n) is 6.46. The van der Waals surface area contributed by atoms with Crippen molar-refractivity contribution in [1.29, 1.82) is 5.26 Å². The van der Waals surface area contributed by atoms with Gasteiger partial charge in [0.2, 0.25) is 0 Å². The van der Waals surface area contributed by atoms with Crippen molar-refractivity contribution < 1.29 is 9.47 Å². The zero-order chi connectivity index (χ0) is 14.3. The Bertz CT molecular complexity index is 442. The van der Waals surface area contributed by atoms with Crippen molar-refractivity contribution in [1.82, 2.24) is 0 Å². The van der Waals surface area contributed by atoms with Crippen LogP contribution in [-0.2, 0) is 0 Å². The molecule has 4 heteroatoms. The summed E-state index contributed by atoms with van der Waals surface area (Å²) in [7, 11) is 1.58. The number of hydrogen-bond acceptors (Lipinski definition) is 4. The largest absolute Gasteiger partial charge is 0.497 e. The molecule has 1 aromatic rings. The van der Waals surface area contributed by atoms with Crippen molar-refractivity contribution in [3.05, 3.63) is 23.8 Å². The third-order valence-corrected chi connectivity index (χ3v) is 4.30. The summed E-state index contributed by atoms with van der Waals surface area (Å²) >= 11 is 4.43. The van der Waals surface area contributed by atoms with Gasteiger partial charge in [0.15, 0.2) is 0 Å². The highest BCUT2D eigenvalue weighted by atomic mass is 32.1. The van der Waals surface area contributed by atoms with Crippen LogP contribution in [0.4, 0.5) is 0 Å². The Kier molecular flexibility index (Phi) is 6.04. The van der Waals surface area contributed by atoms with Gasteiger partial charge in [0.25, 0.3) is 0 Å². The maximum atomic E-state index is 8.98. The van der Waals surface area contributed by atoms with Crippen molar-refractivity contribution in [2.24, 2.45) is 5.41 Å². The van der Waals surface area contributed by atoms with E-state index in [1.165, 1.54) is 0 Å². The second kappa shape index (κ2) is 7.30. The molecule has 0 fully saturated rings. The van der Waals surface area contributed by atoms with E-state index in [1.807, 2.05) is 0 Å². The van der Waals surface area contributed by atoms with E-state index in [0.717, 1.165) is 18.6 Å². The lowest BCUT2D eigenvalue weighted by molar-refractivity contribution is 0.156. The monoisotopic (exact) mass is 279 g/mol. The maximum Gasteiger partial charge on any atom is 0.124 e. The molecule has 104 valence electrons. The normalized spacial score (nSPS) is 10.9. The first kappa shape index (κ1) is 15.7. The molecule has 0 aliphatic heterocycles. The zero-order valence-corrected chi connectivity index (χ0v) is 12.7. The smallest absolute Gasteiger partial charge is 0.124 e. The molecule has 0 atom stereocenters. The van der Waals surface area contributed by atoms with E-state index in [-0.39, 0.29) is 5.41 Å². The lowest BCUT2D eigenvalue weighted by atomic mass is 9.85. The van der Waals surface area contributed by atoms with Crippen LogP contribution in [0.1, 0.15) is 32.3 Å². The van der Waals surface area contributed by atoms with Gasteiger partial charge in [0.1, 0.15) is 11.5 Å². The van der Waals surface area contributed by atoms with Crippen LogP contribution in [0.5, 0.6) is 11.5 Å². The van der Waals surface area contributed by atoms with Crippen LogP contribution >= 0.6 is 12.6 Å². The summed E-state index contributed by atoms with van der Waals surface area (Å²) in [5.41, 5.74) is 0.623. The van der Waals surface area contributed by atoms with Gasteiger partial charge in [0, 0.05) is 11.5 Å². The molecule has 0 spiro atoms. The molecule has 0 unspecified atom stereocenters. The summed E-state index contributed by atoms with van der Waals surface area (Å²) < 4.78 is 11.0. The zero-order valence-electron chi connectivity index (χ0n) is 11.8. The van der Waals surface area contributed by atoms with Crippen molar-refractivity contribution in [2.75, 3.05) is 19.5 Å². The number of benzene rings is 1. The Morgan fingerprint density at radius 1 is 1.21 bits per heavy atom. The van der Waals surface area contributed by atoms with Gasteiger partial charge in [-0.3, -0.25) is 0 Å². The molecule has 0 aliphatic carbocycles. The topological polar surface area (TPSA) is 42.2 Å². The van der Waals surface area contributed by atoms with Crippen LogP contribution in [0.2, 0.25) is 0 Å². The fraction of sp³-hybridized carbons (Fsp3) is 0.533. The second-order valence-corrected chi connectivity index (χ2v) is 4.98. The van der Waals surface area contributed by atoms with E-state index in [9.17, 15) is 0 Å². The SMILES string of the molecule is CCC(CC)(CS)COc1cc(C#N)cc(OC)c1. The predicted octanol–water partition coefficient (Wildman–Crippen LogP) is 3.68. The first-order chi connectivity index (χ1) is 9.12. The quantitative estimate of drug-likeness (QED) is 0.774. The van der Waals surface area contributed by atoms with Crippen LogP contribution in [-0.4, -0.2) is 19.5 Å². The van der Waals surface area contributed by atoms with Gasteiger partial charge in [-0.25, -0.2) is 0 Å². The molecular formula is C15H21NO2S. The van der Waals surface area contributed by atoms with Crippen LogP contribution in [0.15, 0.2) is 18.2 Å². The molecule has 0 amide bonds. The predicted molar refractivity (Wildman–Crippen MR) is 80.1 cm³/mol. The molecule has 0 saturated heterocycles. The molecule has 0 aromatic heterocycles. The van der Waals surface area contributed by atoms with E-state index < -0.39 is 0 Å². The van der Waals surface area contributed by atoms with Gasteiger partial charge in [-0.2, -0.15) is 17.9 Å². The summed E-state index contributed by atoms with van der Waals surface area (Å²) in [6, 6.07) is 7.33. The van der Waals surface area contributed by atoms with Crippen molar-refractivity contribution in [3.8, 4) is 17.6 Å². The Morgan fingerprint density at radius 2 is 1.84 bits per heavy atom. The van der Waals surface area contributed by atoms with E-state index >= 15 is 0 Å². The molecule has 0 saturated carbocycles. The Balaban J connectivity index is 2.85. The summed E-state index contributed by atoms with van der Waals surface area (Å²) in [5.74, 6) is 2.09. The van der Waals surface area contributed by atoms with Gasteiger partial charge in [-0.05, 0) is 30.7 Å². The number of nitrogens with zero attached hydrogens (tertiary/aromatic N) is 1. The number of hydrogen-bond donors (Lipinski definition) is 1. The molecule has 0 radical (unpaired) electrons. The molecule has 3 nitrogen and oxygen atoms in total. The standard InChI is InChI=1S/C15H21NO2S/c1-4-15(5-2,11-19)10-18-14-7-12(9-16)6-13(8-14)17-3/h6-8,19H,4-5,10-11H2,1-3H3. The molecule has 1 aromatic carbocycles. The Hall–Kier alpha value is -1.34.